The zero-order valence-electron chi connectivity index (χ0n) is 15.7. The maximum Gasteiger partial charge on any atom is 0.323 e. The number of carbonyl (C=O) groups excluding carboxylic acids is 1. The summed E-state index contributed by atoms with van der Waals surface area (Å²) in [4.78, 5) is 12.8. The number of benzene rings is 2. The molecule has 0 aromatic heterocycles. The van der Waals surface area contributed by atoms with Gasteiger partial charge in [-0.15, -0.1) is 0 Å². The van der Waals surface area contributed by atoms with Crippen LogP contribution in [0.15, 0.2) is 42.5 Å². The van der Waals surface area contributed by atoms with Gasteiger partial charge in [0.25, 0.3) is 0 Å². The first-order valence-corrected chi connectivity index (χ1v) is 10.2. The molecule has 0 aliphatic heterocycles. The molecule has 0 amide bonds. The largest absolute Gasteiger partial charge is 0.504 e. The molecule has 1 unspecified atom stereocenters. The summed E-state index contributed by atoms with van der Waals surface area (Å²) in [5, 5.41) is 10.4. The van der Waals surface area contributed by atoms with E-state index in [1.54, 1.807) is 50.6 Å². The Morgan fingerprint density at radius 2 is 1.77 bits per heavy atom. The second kappa shape index (κ2) is 9.52. The van der Waals surface area contributed by atoms with Crippen molar-refractivity contribution in [1.29, 1.82) is 0 Å². The SMILES string of the molecule is COc1cc(CCC(C)[SiH](OC)OC)cc(C(=O)c2ccccc2)c1O. The average molecular weight is 375 g/mol. The van der Waals surface area contributed by atoms with Gasteiger partial charge in [-0.3, -0.25) is 4.79 Å². The van der Waals surface area contributed by atoms with E-state index in [4.69, 9.17) is 13.6 Å². The fourth-order valence-corrected chi connectivity index (χ4v) is 4.53. The Kier molecular flexibility index (Phi) is 7.38. The molecule has 0 saturated carbocycles. The number of aryl methyl sites for hydroxylation is 1. The molecule has 0 bridgehead atoms. The van der Waals surface area contributed by atoms with Crippen LogP contribution >= 0.6 is 0 Å². The molecule has 0 radical (unpaired) electrons. The highest BCUT2D eigenvalue weighted by Gasteiger charge is 2.21. The normalized spacial score (nSPS) is 12.2. The zero-order valence-corrected chi connectivity index (χ0v) is 16.8. The lowest BCUT2D eigenvalue weighted by molar-refractivity contribution is 0.103. The van der Waals surface area contributed by atoms with Crippen molar-refractivity contribution in [3.05, 3.63) is 59.2 Å². The van der Waals surface area contributed by atoms with Gasteiger partial charge in [-0.2, -0.15) is 0 Å². The van der Waals surface area contributed by atoms with E-state index in [0.29, 0.717) is 16.9 Å². The lowest BCUT2D eigenvalue weighted by Crippen LogP contribution is -2.24. The van der Waals surface area contributed by atoms with Crippen molar-refractivity contribution in [2.45, 2.75) is 25.3 Å². The van der Waals surface area contributed by atoms with E-state index in [2.05, 4.69) is 6.92 Å². The van der Waals surface area contributed by atoms with Gasteiger partial charge in [0.05, 0.1) is 12.7 Å². The highest BCUT2D eigenvalue weighted by atomic mass is 28.3. The third-order valence-electron chi connectivity index (χ3n) is 4.45. The van der Waals surface area contributed by atoms with E-state index >= 15 is 0 Å². The fourth-order valence-electron chi connectivity index (χ4n) is 2.97. The molecule has 26 heavy (non-hydrogen) atoms. The lowest BCUT2D eigenvalue weighted by atomic mass is 9.97. The molecule has 0 saturated heterocycles. The summed E-state index contributed by atoms with van der Waals surface area (Å²) in [6.07, 6.45) is 1.61. The van der Waals surface area contributed by atoms with Gasteiger partial charge in [-0.05, 0) is 36.1 Å². The van der Waals surface area contributed by atoms with Crippen LogP contribution in [-0.2, 0) is 15.3 Å². The predicted molar refractivity (Wildman–Crippen MR) is 103 cm³/mol. The van der Waals surface area contributed by atoms with Crippen molar-refractivity contribution >= 4 is 15.1 Å². The average Bonchev–Trinajstić information content (AvgIpc) is 2.68. The zero-order chi connectivity index (χ0) is 19.1. The van der Waals surface area contributed by atoms with Crippen LogP contribution in [0.4, 0.5) is 0 Å². The summed E-state index contributed by atoms with van der Waals surface area (Å²) in [6.45, 7) is 2.11. The summed E-state index contributed by atoms with van der Waals surface area (Å²) in [6, 6.07) is 12.4. The minimum atomic E-state index is -1.69. The first kappa shape index (κ1) is 20.2. The number of ether oxygens (including phenoxy) is 1. The Labute approximate surface area is 156 Å². The fraction of sp³-hybridized carbons (Fsp3) is 0.350. The number of phenolic OH excluding ortho intramolecular Hbond substituents is 1. The van der Waals surface area contributed by atoms with Crippen LogP contribution in [0, 0.1) is 0 Å². The van der Waals surface area contributed by atoms with Gasteiger partial charge >= 0.3 is 9.28 Å². The molecule has 0 fully saturated rings. The van der Waals surface area contributed by atoms with E-state index in [9.17, 15) is 9.90 Å². The number of carbonyl (C=O) groups is 1. The number of methoxy groups -OCH3 is 1. The third-order valence-corrected chi connectivity index (χ3v) is 6.64. The van der Waals surface area contributed by atoms with Crippen molar-refractivity contribution in [2.75, 3.05) is 21.3 Å². The van der Waals surface area contributed by atoms with Crippen LogP contribution in [0.2, 0.25) is 5.54 Å². The summed E-state index contributed by atoms with van der Waals surface area (Å²) in [5.41, 5.74) is 2.04. The second-order valence-electron chi connectivity index (χ2n) is 6.25. The van der Waals surface area contributed by atoms with E-state index in [1.807, 2.05) is 6.07 Å². The molecule has 2 aromatic rings. The smallest absolute Gasteiger partial charge is 0.323 e. The first-order valence-electron chi connectivity index (χ1n) is 8.57. The highest BCUT2D eigenvalue weighted by molar-refractivity contribution is 6.46. The highest BCUT2D eigenvalue weighted by Crippen LogP contribution is 2.34. The van der Waals surface area contributed by atoms with Gasteiger partial charge in [0.2, 0.25) is 0 Å². The number of hydrogen-bond acceptors (Lipinski definition) is 5. The maximum absolute atomic E-state index is 12.8. The summed E-state index contributed by atoms with van der Waals surface area (Å²) < 4.78 is 16.1. The van der Waals surface area contributed by atoms with Crippen molar-refractivity contribution in [2.24, 2.45) is 0 Å². The molecule has 5 nitrogen and oxygen atoms in total. The number of ketones is 1. The van der Waals surface area contributed by atoms with Crippen LogP contribution < -0.4 is 4.74 Å². The van der Waals surface area contributed by atoms with Gasteiger partial charge < -0.3 is 18.7 Å². The number of rotatable bonds is 9. The van der Waals surface area contributed by atoms with Crippen molar-refractivity contribution in [3.63, 3.8) is 0 Å². The van der Waals surface area contributed by atoms with Crippen LogP contribution in [0.25, 0.3) is 0 Å². The standard InChI is InChI=1S/C20H26O5Si/c1-14(26(24-3)25-4)10-11-15-12-17(20(22)18(13-15)23-2)19(21)16-8-6-5-7-9-16/h5-9,12-14,22,26H,10-11H2,1-4H3. The molecule has 2 rings (SSSR count). The van der Waals surface area contributed by atoms with Crippen LogP contribution in [0.5, 0.6) is 11.5 Å². The Balaban J connectivity index is 2.27. The molecule has 0 heterocycles. The summed E-state index contributed by atoms with van der Waals surface area (Å²) in [7, 11) is 3.15. The monoisotopic (exact) mass is 374 g/mol. The van der Waals surface area contributed by atoms with Crippen molar-refractivity contribution in [3.8, 4) is 11.5 Å². The predicted octanol–water partition coefficient (Wildman–Crippen LogP) is 3.47. The molecule has 6 heteroatoms. The van der Waals surface area contributed by atoms with Crippen LogP contribution in [0.1, 0.15) is 34.8 Å². The van der Waals surface area contributed by atoms with Gasteiger partial charge in [-0.25, -0.2) is 0 Å². The van der Waals surface area contributed by atoms with Crippen LogP contribution in [0.3, 0.4) is 0 Å². The molecular formula is C20H26O5Si. The molecule has 2 aromatic carbocycles. The molecule has 140 valence electrons. The number of hydrogen-bond donors (Lipinski definition) is 1. The number of phenols is 1. The summed E-state index contributed by atoms with van der Waals surface area (Å²) in [5.74, 6) is -0.0433. The quantitative estimate of drug-likeness (QED) is 0.538. The van der Waals surface area contributed by atoms with Crippen LogP contribution in [-0.4, -0.2) is 41.5 Å². The Morgan fingerprint density at radius 1 is 1.12 bits per heavy atom. The van der Waals surface area contributed by atoms with E-state index in [1.165, 1.54) is 7.11 Å². The topological polar surface area (TPSA) is 65.0 Å². The molecule has 0 spiro atoms. The third kappa shape index (κ3) is 4.72. The molecule has 1 N–H and O–H groups in total. The second-order valence-corrected chi connectivity index (χ2v) is 9.06. The molecular weight excluding hydrogens is 348 g/mol. The Bertz CT molecular complexity index is 728. The molecule has 0 aliphatic carbocycles. The molecule has 1 atom stereocenters. The first-order chi connectivity index (χ1) is 12.5. The van der Waals surface area contributed by atoms with E-state index < -0.39 is 9.28 Å². The van der Waals surface area contributed by atoms with Gasteiger partial charge in [-0.1, -0.05) is 37.3 Å². The maximum atomic E-state index is 12.8. The number of aromatic hydroxyl groups is 1. The molecule has 0 aliphatic rings. The Hall–Kier alpha value is -2.15. The Morgan fingerprint density at radius 3 is 2.35 bits per heavy atom. The van der Waals surface area contributed by atoms with E-state index in [-0.39, 0.29) is 17.1 Å². The summed E-state index contributed by atoms with van der Waals surface area (Å²) >= 11 is 0. The van der Waals surface area contributed by atoms with Gasteiger partial charge in [0, 0.05) is 19.8 Å². The van der Waals surface area contributed by atoms with Crippen molar-refractivity contribution in [1.82, 2.24) is 0 Å². The lowest BCUT2D eigenvalue weighted by Gasteiger charge is -2.19. The van der Waals surface area contributed by atoms with Gasteiger partial charge in [0.1, 0.15) is 0 Å². The minimum Gasteiger partial charge on any atom is -0.504 e. The minimum absolute atomic E-state index is 0.126. The van der Waals surface area contributed by atoms with E-state index in [0.717, 1.165) is 18.4 Å². The van der Waals surface area contributed by atoms with Crippen molar-refractivity contribution < 1.29 is 23.5 Å². The van der Waals surface area contributed by atoms with Gasteiger partial charge in [0.15, 0.2) is 17.3 Å².